The topological polar surface area (TPSA) is 35.9 Å². The number of rotatable bonds is 6. The Balaban J connectivity index is 1.86. The number of hydrogen-bond donors (Lipinski definition) is 0. The predicted octanol–water partition coefficient (Wildman–Crippen LogP) is 2.97. The fourth-order valence-electron chi connectivity index (χ4n) is 1.96. The molecule has 0 atom stereocenters. The minimum atomic E-state index is 0.0284. The maximum atomic E-state index is 12.1. The van der Waals surface area contributed by atoms with Gasteiger partial charge in [-0.05, 0) is 22.8 Å². The largest absolute Gasteiger partial charge is 0.340 e. The number of unbranched alkanes of at least 4 members (excludes halogenated alkanes) is 1. The first-order valence-corrected chi connectivity index (χ1v) is 8.05. The summed E-state index contributed by atoms with van der Waals surface area (Å²) in [6.45, 7) is 2.32. The Hall–Kier alpha value is -1.11. The second-order valence-electron chi connectivity index (χ2n) is 4.44. The third-order valence-corrected chi connectivity index (χ3v) is 3.79. The molecule has 0 aliphatic carbocycles. The number of nitrogens with zero attached hydrogens (tertiary/aromatic N) is 3. The van der Waals surface area contributed by atoms with Crippen molar-refractivity contribution in [3.05, 3.63) is 35.9 Å². The summed E-state index contributed by atoms with van der Waals surface area (Å²) in [6.07, 6.45) is 3.98. The third-order valence-electron chi connectivity index (χ3n) is 3.03. The number of urea groups is 1. The van der Waals surface area contributed by atoms with E-state index in [1.165, 1.54) is 0 Å². The van der Waals surface area contributed by atoms with Crippen LogP contribution in [0.2, 0.25) is 0 Å². The lowest BCUT2D eigenvalue weighted by molar-refractivity contribution is 0.193. The zero-order valence-electron chi connectivity index (χ0n) is 10.8. The van der Waals surface area contributed by atoms with Crippen LogP contribution in [0.15, 0.2) is 35.4 Å². The van der Waals surface area contributed by atoms with Crippen LogP contribution in [0.4, 0.5) is 4.79 Å². The Kier molecular flexibility index (Phi) is 5.62. The molecular weight excluding hydrogens is 353 g/mol. The van der Waals surface area contributed by atoms with E-state index in [2.05, 4.69) is 27.7 Å². The summed E-state index contributed by atoms with van der Waals surface area (Å²) < 4.78 is 1.15. The molecule has 0 bridgehead atoms. The molecule has 4 nitrogen and oxygen atoms in total. The van der Waals surface area contributed by atoms with E-state index in [0.29, 0.717) is 6.54 Å². The fraction of sp³-hybridized carbons (Fsp3) is 0.429. The maximum Gasteiger partial charge on any atom is 0.340 e. The molecule has 0 radical (unpaired) electrons. The highest BCUT2D eigenvalue weighted by Crippen LogP contribution is 2.10. The Morgan fingerprint density at radius 3 is 2.74 bits per heavy atom. The molecule has 1 aromatic rings. The van der Waals surface area contributed by atoms with Gasteiger partial charge in [0.25, 0.3) is 0 Å². The van der Waals surface area contributed by atoms with Crippen molar-refractivity contribution < 1.29 is 4.79 Å². The number of carbonyl (C=O) groups excluding carboxylic acids is 1. The summed E-state index contributed by atoms with van der Waals surface area (Å²) in [5.41, 5.74) is 1.01. The van der Waals surface area contributed by atoms with Crippen LogP contribution in [0, 0.1) is 0 Å². The number of halogens is 1. The molecule has 0 N–H and O–H groups in total. The molecule has 1 heterocycles. The van der Waals surface area contributed by atoms with Crippen molar-refractivity contribution in [2.45, 2.75) is 12.8 Å². The molecule has 1 aliphatic rings. The summed E-state index contributed by atoms with van der Waals surface area (Å²) in [6, 6.07) is 9.87. The molecule has 0 aromatic heterocycles. The van der Waals surface area contributed by atoms with E-state index in [0.717, 1.165) is 35.9 Å². The minimum absolute atomic E-state index is 0.0284. The molecule has 19 heavy (non-hydrogen) atoms. The molecule has 0 spiro atoms. The first-order chi connectivity index (χ1) is 9.31. The summed E-state index contributed by atoms with van der Waals surface area (Å²) in [5.74, 6) is 0. The van der Waals surface area contributed by atoms with E-state index >= 15 is 0 Å². The summed E-state index contributed by atoms with van der Waals surface area (Å²) in [5, 5.41) is 5.82. The van der Waals surface area contributed by atoms with Crippen LogP contribution in [0.1, 0.15) is 18.4 Å². The van der Waals surface area contributed by atoms with E-state index in [1.807, 2.05) is 35.2 Å². The van der Waals surface area contributed by atoms with E-state index in [-0.39, 0.29) is 6.03 Å². The molecule has 1 aliphatic heterocycles. The first-order valence-electron chi connectivity index (χ1n) is 6.52. The van der Waals surface area contributed by atoms with Crippen molar-refractivity contribution in [3.8, 4) is 0 Å². The lowest BCUT2D eigenvalue weighted by atomic mass is 10.2. The van der Waals surface area contributed by atoms with Crippen molar-refractivity contribution in [2.75, 3.05) is 24.1 Å². The average Bonchev–Trinajstić information content (AvgIpc) is 2.79. The van der Waals surface area contributed by atoms with Crippen LogP contribution in [-0.2, 0) is 0 Å². The van der Waals surface area contributed by atoms with Crippen molar-refractivity contribution in [3.63, 3.8) is 0 Å². The van der Waals surface area contributed by atoms with E-state index in [9.17, 15) is 4.79 Å². The van der Waals surface area contributed by atoms with Crippen LogP contribution in [0.3, 0.4) is 0 Å². The van der Waals surface area contributed by atoms with Crippen molar-refractivity contribution >= 4 is 34.8 Å². The van der Waals surface area contributed by atoms with Crippen LogP contribution < -0.4 is 0 Å². The van der Waals surface area contributed by atoms with Gasteiger partial charge < -0.3 is 4.90 Å². The second kappa shape index (κ2) is 7.47. The average molecular weight is 371 g/mol. The molecule has 2 amide bonds. The monoisotopic (exact) mass is 371 g/mol. The van der Waals surface area contributed by atoms with Gasteiger partial charge in [-0.2, -0.15) is 5.10 Å². The van der Waals surface area contributed by atoms with E-state index in [1.54, 1.807) is 11.2 Å². The quantitative estimate of drug-likeness (QED) is 0.328. The number of carbonyl (C=O) groups is 1. The molecule has 5 heteroatoms. The second-order valence-corrected chi connectivity index (χ2v) is 5.52. The molecule has 102 valence electrons. The number of hydrazone groups is 1. The number of hydrogen-bond acceptors (Lipinski definition) is 2. The maximum absolute atomic E-state index is 12.1. The molecule has 2 rings (SSSR count). The third kappa shape index (κ3) is 4.19. The number of amides is 2. The molecule has 1 aromatic carbocycles. The molecule has 1 fully saturated rings. The van der Waals surface area contributed by atoms with Gasteiger partial charge in [0.2, 0.25) is 0 Å². The van der Waals surface area contributed by atoms with Crippen LogP contribution >= 0.6 is 22.6 Å². The van der Waals surface area contributed by atoms with Gasteiger partial charge in [0.1, 0.15) is 0 Å². The molecular formula is C14H18IN3O. The van der Waals surface area contributed by atoms with Gasteiger partial charge in [-0.3, -0.25) is 0 Å². The zero-order chi connectivity index (χ0) is 13.5. The van der Waals surface area contributed by atoms with Gasteiger partial charge in [-0.1, -0.05) is 52.9 Å². The van der Waals surface area contributed by atoms with Gasteiger partial charge in [0.15, 0.2) is 0 Å². The zero-order valence-corrected chi connectivity index (χ0v) is 13.0. The van der Waals surface area contributed by atoms with Crippen LogP contribution in [-0.4, -0.2) is 46.2 Å². The lowest BCUT2D eigenvalue weighted by Gasteiger charge is -2.14. The van der Waals surface area contributed by atoms with Gasteiger partial charge in [-0.15, -0.1) is 0 Å². The van der Waals surface area contributed by atoms with Crippen molar-refractivity contribution in [1.82, 2.24) is 9.91 Å². The van der Waals surface area contributed by atoms with Crippen LogP contribution in [0.5, 0.6) is 0 Å². The Morgan fingerprint density at radius 1 is 1.21 bits per heavy atom. The molecule has 0 saturated carbocycles. The standard InChI is InChI=1S/C14H18IN3O/c15-8-4-5-9-17-10-11-18(14(17)19)16-12-13-6-2-1-3-7-13/h1-3,6-7,12H,4-5,8-11H2. The molecule has 1 saturated heterocycles. The lowest BCUT2D eigenvalue weighted by Crippen LogP contribution is -2.30. The Morgan fingerprint density at radius 2 is 2.00 bits per heavy atom. The van der Waals surface area contributed by atoms with Crippen LogP contribution in [0.25, 0.3) is 0 Å². The van der Waals surface area contributed by atoms with E-state index < -0.39 is 0 Å². The van der Waals surface area contributed by atoms with Gasteiger partial charge in [0.05, 0.1) is 12.8 Å². The Labute approximate surface area is 127 Å². The fourth-order valence-corrected chi connectivity index (χ4v) is 2.50. The highest BCUT2D eigenvalue weighted by atomic mass is 127. The van der Waals surface area contributed by atoms with Gasteiger partial charge >= 0.3 is 6.03 Å². The van der Waals surface area contributed by atoms with Crippen molar-refractivity contribution in [1.29, 1.82) is 0 Å². The SMILES string of the molecule is O=C1N(CCCCI)CCN1N=Cc1ccccc1. The predicted molar refractivity (Wildman–Crippen MR) is 85.8 cm³/mol. The number of benzene rings is 1. The molecule has 0 unspecified atom stereocenters. The van der Waals surface area contributed by atoms with Gasteiger partial charge in [0, 0.05) is 13.1 Å². The highest BCUT2D eigenvalue weighted by Gasteiger charge is 2.27. The van der Waals surface area contributed by atoms with Crippen molar-refractivity contribution in [2.24, 2.45) is 5.10 Å². The Bertz CT molecular complexity index is 436. The summed E-state index contributed by atoms with van der Waals surface area (Å²) >= 11 is 2.37. The van der Waals surface area contributed by atoms with Gasteiger partial charge in [-0.25, -0.2) is 9.80 Å². The highest BCUT2D eigenvalue weighted by molar-refractivity contribution is 14.1. The minimum Gasteiger partial charge on any atom is -0.321 e. The smallest absolute Gasteiger partial charge is 0.321 e. The summed E-state index contributed by atoms with van der Waals surface area (Å²) in [4.78, 5) is 13.9. The summed E-state index contributed by atoms with van der Waals surface area (Å²) in [7, 11) is 0. The number of alkyl halides is 1. The first kappa shape index (κ1) is 14.3. The van der Waals surface area contributed by atoms with E-state index in [4.69, 9.17) is 0 Å². The normalized spacial score (nSPS) is 15.7.